The number of hydrogen-bond donors (Lipinski definition) is 1. The highest BCUT2D eigenvalue weighted by atomic mass is 19.4. The van der Waals surface area contributed by atoms with E-state index in [9.17, 15) is 18.0 Å². The van der Waals surface area contributed by atoms with Gasteiger partial charge in [0.05, 0.1) is 6.42 Å². The van der Waals surface area contributed by atoms with Crippen LogP contribution in [0.2, 0.25) is 0 Å². The number of aryl methyl sites for hydroxylation is 1. The SMILES string of the molecule is Cc1nc(CC(=O)O)c(C(F)(F)F)o1. The molecule has 1 N–H and O–H groups in total. The highest BCUT2D eigenvalue weighted by Gasteiger charge is 2.39. The Hall–Kier alpha value is -1.53. The normalized spacial score (nSPS) is 11.7. The van der Waals surface area contributed by atoms with Crippen LogP contribution in [0.4, 0.5) is 13.2 Å². The van der Waals surface area contributed by atoms with Crippen molar-refractivity contribution in [2.24, 2.45) is 0 Å². The van der Waals surface area contributed by atoms with Gasteiger partial charge in [-0.2, -0.15) is 13.2 Å². The summed E-state index contributed by atoms with van der Waals surface area (Å²) in [5.74, 6) is -2.92. The second-order valence-electron chi connectivity index (χ2n) is 2.58. The van der Waals surface area contributed by atoms with Gasteiger partial charge < -0.3 is 9.52 Å². The van der Waals surface area contributed by atoms with Gasteiger partial charge in [0, 0.05) is 6.92 Å². The topological polar surface area (TPSA) is 63.3 Å². The van der Waals surface area contributed by atoms with Gasteiger partial charge in [0.1, 0.15) is 5.69 Å². The number of carboxylic acids is 1. The van der Waals surface area contributed by atoms with Gasteiger partial charge in [-0.25, -0.2) is 4.98 Å². The number of aliphatic carboxylic acids is 1. The van der Waals surface area contributed by atoms with Crippen LogP contribution in [0.25, 0.3) is 0 Å². The number of halogens is 3. The van der Waals surface area contributed by atoms with Crippen molar-refractivity contribution in [3.63, 3.8) is 0 Å². The van der Waals surface area contributed by atoms with Crippen molar-refractivity contribution in [3.8, 4) is 0 Å². The number of carbonyl (C=O) groups is 1. The van der Waals surface area contributed by atoms with Crippen LogP contribution in [0.5, 0.6) is 0 Å². The van der Waals surface area contributed by atoms with Gasteiger partial charge in [-0.05, 0) is 0 Å². The fourth-order valence-electron chi connectivity index (χ4n) is 0.955. The molecule has 0 aliphatic rings. The Kier molecular flexibility index (Phi) is 2.50. The molecule has 1 rings (SSSR count). The van der Waals surface area contributed by atoms with E-state index in [1.54, 1.807) is 0 Å². The first-order chi connectivity index (χ1) is 6.30. The minimum atomic E-state index is -4.70. The van der Waals surface area contributed by atoms with Crippen LogP contribution in [0, 0.1) is 6.92 Å². The van der Waals surface area contributed by atoms with Crippen molar-refractivity contribution in [1.29, 1.82) is 0 Å². The van der Waals surface area contributed by atoms with Crippen LogP contribution in [-0.2, 0) is 17.4 Å². The quantitative estimate of drug-likeness (QED) is 0.803. The molecule has 1 heterocycles. The molecule has 1 aromatic heterocycles. The molecule has 4 nitrogen and oxygen atoms in total. The molecule has 0 aliphatic carbocycles. The Morgan fingerprint density at radius 1 is 1.57 bits per heavy atom. The van der Waals surface area contributed by atoms with Gasteiger partial charge in [0.25, 0.3) is 0 Å². The number of alkyl halides is 3. The molecule has 14 heavy (non-hydrogen) atoms. The van der Waals surface area contributed by atoms with Crippen LogP contribution < -0.4 is 0 Å². The molecule has 0 bridgehead atoms. The second kappa shape index (κ2) is 3.32. The van der Waals surface area contributed by atoms with Gasteiger partial charge in [0.2, 0.25) is 5.76 Å². The Morgan fingerprint density at radius 2 is 2.14 bits per heavy atom. The molecule has 1 aromatic rings. The standard InChI is InChI=1S/C7H6F3NO3/c1-3-11-4(2-5(12)13)6(14-3)7(8,9)10/h2H2,1H3,(H,12,13). The summed E-state index contributed by atoms with van der Waals surface area (Å²) in [6.07, 6.45) is -5.50. The lowest BCUT2D eigenvalue weighted by molar-refractivity contribution is -0.154. The maximum Gasteiger partial charge on any atom is 0.451 e. The summed E-state index contributed by atoms with van der Waals surface area (Å²) in [6, 6.07) is 0. The van der Waals surface area contributed by atoms with E-state index in [-0.39, 0.29) is 5.89 Å². The lowest BCUT2D eigenvalue weighted by Gasteiger charge is -2.02. The third kappa shape index (κ3) is 2.24. The van der Waals surface area contributed by atoms with Gasteiger partial charge in [-0.15, -0.1) is 0 Å². The van der Waals surface area contributed by atoms with Crippen molar-refractivity contribution in [2.45, 2.75) is 19.5 Å². The van der Waals surface area contributed by atoms with Crippen LogP contribution in [0.3, 0.4) is 0 Å². The van der Waals surface area contributed by atoms with Crippen LogP contribution in [-0.4, -0.2) is 16.1 Å². The maximum atomic E-state index is 12.2. The van der Waals surface area contributed by atoms with Crippen molar-refractivity contribution < 1.29 is 27.5 Å². The zero-order valence-corrected chi connectivity index (χ0v) is 7.05. The molecule has 0 saturated heterocycles. The molecule has 0 amide bonds. The summed E-state index contributed by atoms with van der Waals surface area (Å²) < 4.78 is 40.8. The lowest BCUT2D eigenvalue weighted by Crippen LogP contribution is -2.10. The Balaban J connectivity index is 3.09. The second-order valence-corrected chi connectivity index (χ2v) is 2.58. The van der Waals surface area contributed by atoms with E-state index in [4.69, 9.17) is 5.11 Å². The average Bonchev–Trinajstić information content (AvgIpc) is 2.28. The van der Waals surface area contributed by atoms with E-state index in [2.05, 4.69) is 9.40 Å². The van der Waals surface area contributed by atoms with Crippen LogP contribution >= 0.6 is 0 Å². The van der Waals surface area contributed by atoms with Gasteiger partial charge in [-0.1, -0.05) is 0 Å². The summed E-state index contributed by atoms with van der Waals surface area (Å²) in [4.78, 5) is 13.6. The van der Waals surface area contributed by atoms with Crippen molar-refractivity contribution in [1.82, 2.24) is 4.98 Å². The minimum absolute atomic E-state index is 0.200. The summed E-state index contributed by atoms with van der Waals surface area (Å²) >= 11 is 0. The molecule has 0 atom stereocenters. The largest absolute Gasteiger partial charge is 0.481 e. The molecule has 7 heteroatoms. The van der Waals surface area contributed by atoms with E-state index < -0.39 is 30.0 Å². The number of nitrogens with zero attached hydrogens (tertiary/aromatic N) is 1. The Bertz CT molecular complexity index is 356. The van der Waals surface area contributed by atoms with E-state index >= 15 is 0 Å². The molecular formula is C7H6F3NO3. The number of aromatic nitrogens is 1. The number of hydrogen-bond acceptors (Lipinski definition) is 3. The third-order valence-corrected chi connectivity index (χ3v) is 1.38. The van der Waals surface area contributed by atoms with E-state index in [1.807, 2.05) is 0 Å². The smallest absolute Gasteiger partial charge is 0.451 e. The first kappa shape index (κ1) is 10.6. The first-order valence-electron chi connectivity index (χ1n) is 3.56. The number of oxazole rings is 1. The molecule has 0 saturated carbocycles. The van der Waals surface area contributed by atoms with Gasteiger partial charge >= 0.3 is 12.1 Å². The minimum Gasteiger partial charge on any atom is -0.481 e. The van der Waals surface area contributed by atoms with Crippen LogP contribution in [0.15, 0.2) is 4.42 Å². The predicted octanol–water partition coefficient (Wildman–Crippen LogP) is 1.63. The predicted molar refractivity (Wildman–Crippen MR) is 37.6 cm³/mol. The molecular weight excluding hydrogens is 203 g/mol. The van der Waals surface area contributed by atoms with Crippen molar-refractivity contribution >= 4 is 5.97 Å². The molecule has 0 unspecified atom stereocenters. The molecule has 0 aliphatic heterocycles. The van der Waals surface area contributed by atoms with E-state index in [1.165, 1.54) is 6.92 Å². The Labute approximate surface area is 76.4 Å². The Morgan fingerprint density at radius 3 is 2.57 bits per heavy atom. The summed E-state index contributed by atoms with van der Waals surface area (Å²) in [5.41, 5.74) is -0.595. The van der Waals surface area contributed by atoms with Crippen LogP contribution in [0.1, 0.15) is 17.3 Å². The summed E-state index contributed by atoms with van der Waals surface area (Å²) in [7, 11) is 0. The zero-order chi connectivity index (χ0) is 10.9. The van der Waals surface area contributed by atoms with E-state index in [0.29, 0.717) is 0 Å². The lowest BCUT2D eigenvalue weighted by atomic mass is 10.2. The zero-order valence-electron chi connectivity index (χ0n) is 7.05. The third-order valence-electron chi connectivity index (χ3n) is 1.38. The highest BCUT2D eigenvalue weighted by Crippen LogP contribution is 2.32. The number of rotatable bonds is 2. The van der Waals surface area contributed by atoms with Crippen molar-refractivity contribution in [2.75, 3.05) is 0 Å². The maximum absolute atomic E-state index is 12.2. The monoisotopic (exact) mass is 209 g/mol. The number of carboxylic acid groups (broad SMARTS) is 1. The molecule has 0 radical (unpaired) electrons. The first-order valence-corrected chi connectivity index (χ1v) is 3.56. The highest BCUT2D eigenvalue weighted by molar-refractivity contribution is 5.69. The average molecular weight is 209 g/mol. The summed E-state index contributed by atoms with van der Waals surface area (Å²) in [6.45, 7) is 1.22. The van der Waals surface area contributed by atoms with Gasteiger partial charge in [0.15, 0.2) is 5.89 Å². The van der Waals surface area contributed by atoms with Crippen molar-refractivity contribution in [3.05, 3.63) is 17.3 Å². The molecule has 0 spiro atoms. The summed E-state index contributed by atoms with van der Waals surface area (Å²) in [5, 5.41) is 8.32. The molecule has 0 aromatic carbocycles. The fourth-order valence-corrected chi connectivity index (χ4v) is 0.955. The van der Waals surface area contributed by atoms with Gasteiger partial charge in [-0.3, -0.25) is 4.79 Å². The molecule has 0 fully saturated rings. The fraction of sp³-hybridized carbons (Fsp3) is 0.429. The molecule has 78 valence electrons. The van der Waals surface area contributed by atoms with E-state index in [0.717, 1.165) is 0 Å².